The van der Waals surface area contributed by atoms with Crippen molar-refractivity contribution in [3.8, 4) is 0 Å². The third kappa shape index (κ3) is 2.09. The van der Waals surface area contributed by atoms with Crippen molar-refractivity contribution in [1.82, 2.24) is 15.0 Å². The summed E-state index contributed by atoms with van der Waals surface area (Å²) in [4.78, 5) is 30.9. The van der Waals surface area contributed by atoms with Gasteiger partial charge in [-0.15, -0.1) is 0 Å². The van der Waals surface area contributed by atoms with Crippen molar-refractivity contribution in [2.75, 3.05) is 5.32 Å². The first-order valence-electron chi connectivity index (χ1n) is 2.71. The maximum absolute atomic E-state index is 10.4. The Labute approximate surface area is 61.7 Å². The van der Waals surface area contributed by atoms with Gasteiger partial charge in [0.25, 0.3) is 5.91 Å². The molecule has 1 rings (SSSR count). The molecule has 1 aromatic rings. The van der Waals surface area contributed by atoms with Crippen LogP contribution < -0.4 is 5.32 Å². The van der Waals surface area contributed by atoms with E-state index >= 15 is 0 Å². The lowest BCUT2D eigenvalue weighted by molar-refractivity contribution is -0.127. The van der Waals surface area contributed by atoms with Gasteiger partial charge in [0, 0.05) is 0 Å². The summed E-state index contributed by atoms with van der Waals surface area (Å²) < 4.78 is 0. The first kappa shape index (κ1) is 7.26. The molecule has 6 heteroatoms. The largest absolute Gasteiger partial charge is 0.292 e. The summed E-state index contributed by atoms with van der Waals surface area (Å²) in [7, 11) is 0. The average molecular weight is 152 g/mol. The van der Waals surface area contributed by atoms with Crippen molar-refractivity contribution in [3.63, 3.8) is 0 Å². The molecule has 0 saturated heterocycles. The van der Waals surface area contributed by atoms with Gasteiger partial charge in [0.1, 0.15) is 12.7 Å². The van der Waals surface area contributed by atoms with E-state index in [1.807, 2.05) is 0 Å². The summed E-state index contributed by atoms with van der Waals surface area (Å²) >= 11 is 0. The van der Waals surface area contributed by atoms with Crippen LogP contribution in [0.4, 0.5) is 5.95 Å². The van der Waals surface area contributed by atoms with Crippen molar-refractivity contribution in [1.29, 1.82) is 0 Å². The molecule has 1 heterocycles. The van der Waals surface area contributed by atoms with Crippen molar-refractivity contribution < 1.29 is 9.59 Å². The number of nitrogens with zero attached hydrogens (tertiary/aromatic N) is 3. The molecule has 0 aliphatic carbocycles. The van der Waals surface area contributed by atoms with Crippen LogP contribution in [0.5, 0.6) is 0 Å². The molecule has 0 fully saturated rings. The minimum Gasteiger partial charge on any atom is -0.292 e. The molecular weight excluding hydrogens is 148 g/mol. The maximum Gasteiger partial charge on any atom is 0.290 e. The van der Waals surface area contributed by atoms with E-state index in [-0.39, 0.29) is 12.2 Å². The highest BCUT2D eigenvalue weighted by atomic mass is 16.2. The monoisotopic (exact) mass is 152 g/mol. The van der Waals surface area contributed by atoms with Crippen LogP contribution in [0.15, 0.2) is 12.7 Å². The lowest BCUT2D eigenvalue weighted by atomic mass is 10.7. The van der Waals surface area contributed by atoms with Crippen molar-refractivity contribution >= 4 is 18.1 Å². The fourth-order valence-electron chi connectivity index (χ4n) is 0.443. The number of carbonyl (C=O) groups is 2. The molecule has 11 heavy (non-hydrogen) atoms. The van der Waals surface area contributed by atoms with Crippen LogP contribution >= 0.6 is 0 Å². The van der Waals surface area contributed by atoms with E-state index in [4.69, 9.17) is 0 Å². The number of aldehydes is 1. The average Bonchev–Trinajstić information content (AvgIpc) is 2.06. The van der Waals surface area contributed by atoms with Gasteiger partial charge in [-0.3, -0.25) is 14.9 Å². The molecule has 0 radical (unpaired) electrons. The molecule has 0 unspecified atom stereocenters. The minimum absolute atomic E-state index is 0.0668. The molecule has 56 valence electrons. The zero-order valence-electron chi connectivity index (χ0n) is 5.39. The number of hydrogen-bond donors (Lipinski definition) is 1. The fraction of sp³-hybridized carbons (Fsp3) is 0. The van der Waals surface area contributed by atoms with Gasteiger partial charge in [-0.05, 0) is 0 Å². The molecule has 1 amide bonds. The highest BCUT2D eigenvalue weighted by Crippen LogP contribution is 1.89. The highest BCUT2D eigenvalue weighted by Gasteiger charge is 1.99. The van der Waals surface area contributed by atoms with Gasteiger partial charge in [-0.2, -0.15) is 0 Å². The summed E-state index contributed by atoms with van der Waals surface area (Å²) in [5.74, 6) is -0.715. The Bertz CT molecular complexity index is 260. The highest BCUT2D eigenvalue weighted by molar-refractivity contribution is 6.29. The second-order valence-corrected chi connectivity index (χ2v) is 1.57. The van der Waals surface area contributed by atoms with Crippen LogP contribution in [0.1, 0.15) is 0 Å². The molecular formula is C5H4N4O2. The topological polar surface area (TPSA) is 84.8 Å². The summed E-state index contributed by atoms with van der Waals surface area (Å²) in [6.07, 6.45) is 2.57. The van der Waals surface area contributed by atoms with Crippen molar-refractivity contribution in [3.05, 3.63) is 12.7 Å². The van der Waals surface area contributed by atoms with E-state index in [1.165, 1.54) is 12.7 Å². The van der Waals surface area contributed by atoms with Gasteiger partial charge >= 0.3 is 0 Å². The zero-order chi connectivity index (χ0) is 8.10. The number of anilines is 1. The quantitative estimate of drug-likeness (QED) is 0.434. The lowest BCUT2D eigenvalue weighted by Gasteiger charge is -1.94. The van der Waals surface area contributed by atoms with Gasteiger partial charge in [0.2, 0.25) is 12.2 Å². The Hall–Kier alpha value is -1.85. The van der Waals surface area contributed by atoms with Gasteiger partial charge in [-0.1, -0.05) is 0 Å². The van der Waals surface area contributed by atoms with E-state index in [0.29, 0.717) is 0 Å². The fourth-order valence-corrected chi connectivity index (χ4v) is 0.443. The van der Waals surface area contributed by atoms with Gasteiger partial charge in [0.05, 0.1) is 0 Å². The SMILES string of the molecule is O=CC(=O)Nc1ncncn1. The number of nitrogens with one attached hydrogen (secondary N) is 1. The Kier molecular flexibility index (Phi) is 2.21. The Morgan fingerprint density at radius 2 is 2.09 bits per heavy atom. The van der Waals surface area contributed by atoms with Crippen LogP contribution in [0.3, 0.4) is 0 Å². The van der Waals surface area contributed by atoms with Crippen molar-refractivity contribution in [2.24, 2.45) is 0 Å². The van der Waals surface area contributed by atoms with Gasteiger partial charge in [0.15, 0.2) is 0 Å². The first-order chi connectivity index (χ1) is 5.33. The molecule has 6 nitrogen and oxygen atoms in total. The Morgan fingerprint density at radius 1 is 1.45 bits per heavy atom. The van der Waals surface area contributed by atoms with E-state index in [2.05, 4.69) is 20.3 Å². The molecule has 0 spiro atoms. The standard InChI is InChI=1S/C5H4N4O2/c10-1-4(11)9-5-7-2-6-3-8-5/h1-3H,(H,6,7,8,9,11). The van der Waals surface area contributed by atoms with E-state index < -0.39 is 5.91 Å². The van der Waals surface area contributed by atoms with Crippen LogP contribution in [0.2, 0.25) is 0 Å². The molecule has 1 aromatic heterocycles. The maximum atomic E-state index is 10.4. The van der Waals surface area contributed by atoms with E-state index in [1.54, 1.807) is 0 Å². The zero-order valence-corrected chi connectivity index (χ0v) is 5.39. The van der Waals surface area contributed by atoms with Crippen molar-refractivity contribution in [2.45, 2.75) is 0 Å². The Morgan fingerprint density at radius 3 is 2.64 bits per heavy atom. The second kappa shape index (κ2) is 3.35. The minimum atomic E-state index is -0.781. The normalized spacial score (nSPS) is 8.73. The van der Waals surface area contributed by atoms with Crippen LogP contribution in [-0.2, 0) is 9.59 Å². The molecule has 0 bridgehead atoms. The molecule has 0 aromatic carbocycles. The van der Waals surface area contributed by atoms with E-state index in [9.17, 15) is 9.59 Å². The number of hydrogen-bond acceptors (Lipinski definition) is 5. The summed E-state index contributed by atoms with van der Waals surface area (Å²) in [5.41, 5.74) is 0. The molecule has 0 saturated carbocycles. The lowest BCUT2D eigenvalue weighted by Crippen LogP contribution is -2.14. The number of rotatable bonds is 2. The second-order valence-electron chi connectivity index (χ2n) is 1.57. The number of amides is 1. The predicted molar refractivity (Wildman–Crippen MR) is 34.5 cm³/mol. The smallest absolute Gasteiger partial charge is 0.290 e. The first-order valence-corrected chi connectivity index (χ1v) is 2.71. The van der Waals surface area contributed by atoms with Gasteiger partial charge < -0.3 is 0 Å². The molecule has 0 aliphatic heterocycles. The van der Waals surface area contributed by atoms with Crippen LogP contribution in [-0.4, -0.2) is 27.1 Å². The summed E-state index contributed by atoms with van der Waals surface area (Å²) in [6, 6.07) is 0. The van der Waals surface area contributed by atoms with Crippen LogP contribution in [0, 0.1) is 0 Å². The Balaban J connectivity index is 2.65. The summed E-state index contributed by atoms with van der Waals surface area (Å²) in [5, 5.41) is 2.12. The third-order valence-corrected chi connectivity index (χ3v) is 0.835. The molecule has 0 aliphatic rings. The molecule has 1 N–H and O–H groups in total. The molecule has 0 atom stereocenters. The third-order valence-electron chi connectivity index (χ3n) is 0.835. The number of carbonyl (C=O) groups excluding carboxylic acids is 2. The summed E-state index contributed by atoms with van der Waals surface area (Å²) in [6.45, 7) is 0. The van der Waals surface area contributed by atoms with Crippen LogP contribution in [0.25, 0.3) is 0 Å². The predicted octanol–water partition coefficient (Wildman–Crippen LogP) is -0.991. The van der Waals surface area contributed by atoms with Gasteiger partial charge in [-0.25, -0.2) is 15.0 Å². The number of aromatic nitrogens is 3. The van der Waals surface area contributed by atoms with E-state index in [0.717, 1.165) is 0 Å².